The van der Waals surface area contributed by atoms with Crippen LogP contribution >= 0.6 is 0 Å². The van der Waals surface area contributed by atoms with Gasteiger partial charge in [-0.2, -0.15) is 5.10 Å². The van der Waals surface area contributed by atoms with Gasteiger partial charge in [0.15, 0.2) is 5.82 Å². The summed E-state index contributed by atoms with van der Waals surface area (Å²) >= 11 is 0. The molecule has 12 aromatic rings. The molecular formula is C57H36N4O. The lowest BCUT2D eigenvalue weighted by Gasteiger charge is -2.12. The lowest BCUT2D eigenvalue weighted by Crippen LogP contribution is -1.96. The second-order valence-electron chi connectivity index (χ2n) is 15.6. The summed E-state index contributed by atoms with van der Waals surface area (Å²) in [5, 5.41) is 9.96. The van der Waals surface area contributed by atoms with Gasteiger partial charge >= 0.3 is 0 Å². The van der Waals surface area contributed by atoms with Crippen molar-refractivity contribution >= 4 is 38.2 Å². The summed E-state index contributed by atoms with van der Waals surface area (Å²) in [5.74, 6) is 0.661. The quantitative estimate of drug-likeness (QED) is 0.161. The fourth-order valence-electron chi connectivity index (χ4n) is 8.81. The lowest BCUT2D eigenvalue weighted by atomic mass is 9.95. The van der Waals surface area contributed by atoms with Crippen LogP contribution in [-0.2, 0) is 0 Å². The fraction of sp³-hybridized carbons (Fsp3) is 0. The van der Waals surface area contributed by atoms with Crippen LogP contribution in [0.25, 0.3) is 117 Å². The van der Waals surface area contributed by atoms with E-state index in [0.717, 1.165) is 111 Å². The van der Waals surface area contributed by atoms with Gasteiger partial charge in [-0.3, -0.25) is 0 Å². The van der Waals surface area contributed by atoms with E-state index in [1.54, 1.807) is 0 Å². The van der Waals surface area contributed by atoms with E-state index in [0.29, 0.717) is 5.82 Å². The van der Waals surface area contributed by atoms with Gasteiger partial charge in [0.1, 0.15) is 16.9 Å². The first-order valence-electron chi connectivity index (χ1n) is 20.8. The molecule has 5 nitrogen and oxygen atoms in total. The zero-order valence-corrected chi connectivity index (χ0v) is 33.5. The molecule has 0 saturated carbocycles. The molecule has 5 heteroatoms. The van der Waals surface area contributed by atoms with Crippen molar-refractivity contribution < 1.29 is 4.42 Å². The second kappa shape index (κ2) is 14.7. The standard InChI is InChI=1S/C57H36N4O/c1-4-15-38(16-5-1)49-36-50(59-57(58-49)41-29-27-37(28-30-41)42-31-32-53-48(34-42)47-25-12-13-26-52(47)62-53)44-22-14-23-45(33-44)54-55(40-19-8-3-9-20-40)60-61-51(39-17-6-2-7-18-39)35-43-21-10-11-24-46(43)56(54)61/h1-36H. The minimum Gasteiger partial charge on any atom is -0.456 e. The minimum absolute atomic E-state index is 0.661. The van der Waals surface area contributed by atoms with E-state index in [9.17, 15) is 0 Å². The van der Waals surface area contributed by atoms with Gasteiger partial charge in [0, 0.05) is 49.5 Å². The average Bonchev–Trinajstić information content (AvgIpc) is 3.94. The van der Waals surface area contributed by atoms with Crippen LogP contribution in [0.1, 0.15) is 0 Å². The number of pyridine rings is 1. The van der Waals surface area contributed by atoms with Crippen LogP contribution in [0, 0.1) is 0 Å². The van der Waals surface area contributed by atoms with Crippen molar-refractivity contribution in [2.24, 2.45) is 0 Å². The molecule has 0 spiro atoms. The molecule has 4 heterocycles. The smallest absolute Gasteiger partial charge is 0.160 e. The van der Waals surface area contributed by atoms with Crippen LogP contribution in [0.15, 0.2) is 223 Å². The van der Waals surface area contributed by atoms with E-state index < -0.39 is 0 Å². The van der Waals surface area contributed by atoms with Crippen LogP contribution in [0.4, 0.5) is 0 Å². The largest absolute Gasteiger partial charge is 0.456 e. The molecule has 12 rings (SSSR count). The van der Waals surface area contributed by atoms with Crippen molar-refractivity contribution in [1.29, 1.82) is 0 Å². The number of fused-ring (bicyclic) bond motifs is 6. The highest BCUT2D eigenvalue weighted by atomic mass is 16.3. The monoisotopic (exact) mass is 792 g/mol. The highest BCUT2D eigenvalue weighted by molar-refractivity contribution is 6.09. The molecule has 290 valence electrons. The van der Waals surface area contributed by atoms with Crippen LogP contribution in [0.2, 0.25) is 0 Å². The van der Waals surface area contributed by atoms with E-state index in [-0.39, 0.29) is 0 Å². The number of nitrogens with zero attached hydrogens (tertiary/aromatic N) is 4. The van der Waals surface area contributed by atoms with Crippen LogP contribution in [-0.4, -0.2) is 19.6 Å². The number of aromatic nitrogens is 4. The van der Waals surface area contributed by atoms with Gasteiger partial charge in [0.2, 0.25) is 0 Å². The summed E-state index contributed by atoms with van der Waals surface area (Å²) in [4.78, 5) is 10.5. The number of rotatable bonds is 7. The van der Waals surface area contributed by atoms with E-state index in [1.807, 2.05) is 18.2 Å². The van der Waals surface area contributed by atoms with Crippen molar-refractivity contribution in [1.82, 2.24) is 19.6 Å². The Labute approximate surface area is 357 Å². The highest BCUT2D eigenvalue weighted by Crippen LogP contribution is 2.42. The molecule has 0 atom stereocenters. The molecule has 0 aliphatic rings. The van der Waals surface area contributed by atoms with Crippen molar-refractivity contribution in [3.05, 3.63) is 218 Å². The molecule has 62 heavy (non-hydrogen) atoms. The number of furan rings is 1. The van der Waals surface area contributed by atoms with Crippen LogP contribution < -0.4 is 0 Å². The predicted octanol–water partition coefficient (Wildman–Crippen LogP) is 14.8. The van der Waals surface area contributed by atoms with E-state index in [2.05, 4.69) is 205 Å². The van der Waals surface area contributed by atoms with Crippen molar-refractivity contribution in [3.8, 4) is 78.7 Å². The van der Waals surface area contributed by atoms with Gasteiger partial charge in [0.25, 0.3) is 0 Å². The Morgan fingerprint density at radius 2 is 0.935 bits per heavy atom. The van der Waals surface area contributed by atoms with Crippen molar-refractivity contribution in [3.63, 3.8) is 0 Å². The Morgan fingerprint density at radius 1 is 0.355 bits per heavy atom. The summed E-state index contributed by atoms with van der Waals surface area (Å²) in [6.07, 6.45) is 0. The van der Waals surface area contributed by atoms with Gasteiger partial charge in [-0.25, -0.2) is 14.5 Å². The Morgan fingerprint density at radius 3 is 1.71 bits per heavy atom. The van der Waals surface area contributed by atoms with Crippen molar-refractivity contribution in [2.75, 3.05) is 0 Å². The molecular weight excluding hydrogens is 757 g/mol. The Kier molecular flexibility index (Phi) is 8.42. The zero-order valence-electron chi connectivity index (χ0n) is 33.5. The summed E-state index contributed by atoms with van der Waals surface area (Å²) in [6, 6.07) is 76.2. The topological polar surface area (TPSA) is 56.2 Å². The first kappa shape index (κ1) is 35.5. The maximum atomic E-state index is 6.11. The Balaban J connectivity index is 1.01. The first-order chi connectivity index (χ1) is 30.7. The molecule has 0 unspecified atom stereocenters. The summed E-state index contributed by atoms with van der Waals surface area (Å²) in [6.45, 7) is 0. The van der Waals surface area contributed by atoms with Gasteiger partial charge in [-0.1, -0.05) is 182 Å². The Hall–Kier alpha value is -8.41. The van der Waals surface area contributed by atoms with Crippen molar-refractivity contribution in [2.45, 2.75) is 0 Å². The molecule has 4 aromatic heterocycles. The third-order valence-corrected chi connectivity index (χ3v) is 11.8. The minimum atomic E-state index is 0.661. The molecule has 0 aliphatic carbocycles. The number of benzene rings is 8. The molecule has 0 amide bonds. The first-order valence-corrected chi connectivity index (χ1v) is 20.8. The van der Waals surface area contributed by atoms with Crippen LogP contribution in [0.5, 0.6) is 0 Å². The van der Waals surface area contributed by atoms with E-state index in [1.165, 1.54) is 0 Å². The third kappa shape index (κ3) is 6.14. The molecule has 0 saturated heterocycles. The second-order valence-corrected chi connectivity index (χ2v) is 15.6. The molecule has 0 radical (unpaired) electrons. The van der Waals surface area contributed by atoms with Gasteiger partial charge in [-0.05, 0) is 58.5 Å². The molecule has 8 aromatic carbocycles. The summed E-state index contributed by atoms with van der Waals surface area (Å²) < 4.78 is 8.24. The van der Waals surface area contributed by atoms with Crippen LogP contribution in [0.3, 0.4) is 0 Å². The third-order valence-electron chi connectivity index (χ3n) is 11.8. The normalized spacial score (nSPS) is 11.5. The lowest BCUT2D eigenvalue weighted by molar-refractivity contribution is 0.669. The van der Waals surface area contributed by atoms with E-state index in [4.69, 9.17) is 19.5 Å². The molecule has 0 fully saturated rings. The SMILES string of the molecule is c1ccc(-c2cc(-c3cccc(-c4c(-c5ccccc5)nn5c(-c6ccccc6)cc6ccccc6c45)c3)nc(-c3ccc(-c4ccc5oc6ccccc6c5c4)cc3)n2)cc1. The number of hydrogen-bond donors (Lipinski definition) is 0. The molecule has 0 bridgehead atoms. The average molecular weight is 793 g/mol. The van der Waals surface area contributed by atoms with E-state index >= 15 is 0 Å². The van der Waals surface area contributed by atoms with Gasteiger partial charge in [-0.15, -0.1) is 0 Å². The maximum absolute atomic E-state index is 6.11. The number of hydrogen-bond acceptors (Lipinski definition) is 4. The summed E-state index contributed by atoms with van der Waals surface area (Å²) in [5.41, 5.74) is 16.0. The maximum Gasteiger partial charge on any atom is 0.160 e. The van der Waals surface area contributed by atoms with Gasteiger partial charge in [0.05, 0.1) is 22.6 Å². The fourth-order valence-corrected chi connectivity index (χ4v) is 8.81. The Bertz CT molecular complexity index is 3610. The summed E-state index contributed by atoms with van der Waals surface area (Å²) in [7, 11) is 0. The van der Waals surface area contributed by atoms with Gasteiger partial charge < -0.3 is 4.42 Å². The number of para-hydroxylation sites is 1. The zero-order chi connectivity index (χ0) is 41.0. The molecule has 0 N–H and O–H groups in total. The highest BCUT2D eigenvalue weighted by Gasteiger charge is 2.22. The predicted molar refractivity (Wildman–Crippen MR) is 254 cm³/mol. The molecule has 0 aliphatic heterocycles.